The van der Waals surface area contributed by atoms with E-state index in [1.165, 1.54) is 38.5 Å². The van der Waals surface area contributed by atoms with Crippen molar-refractivity contribution in [2.45, 2.75) is 77.6 Å². The number of methoxy groups -OCH3 is 1. The third kappa shape index (κ3) is 11.3. The molecule has 0 fully saturated rings. The van der Waals surface area contributed by atoms with Crippen molar-refractivity contribution in [1.82, 2.24) is 0 Å². The van der Waals surface area contributed by atoms with Crippen molar-refractivity contribution >= 4 is 17.6 Å². The van der Waals surface area contributed by atoms with Gasteiger partial charge in [-0.15, -0.1) is 0 Å². The fourth-order valence-corrected chi connectivity index (χ4v) is 2.85. The molecule has 0 aliphatic rings. The number of unbranched alkanes of at least 4 members (excludes halogenated alkanes) is 7. The summed E-state index contributed by atoms with van der Waals surface area (Å²) in [6, 6.07) is 7.25. The molecule has 0 atom stereocenters. The molecule has 5 nitrogen and oxygen atoms in total. The Kier molecular flexibility index (Phi) is 12.8. The number of hydrogen-bond donors (Lipinski definition) is 1. The van der Waals surface area contributed by atoms with Gasteiger partial charge in [0.15, 0.2) is 0 Å². The van der Waals surface area contributed by atoms with Crippen molar-refractivity contribution in [3.05, 3.63) is 24.3 Å². The van der Waals surface area contributed by atoms with Crippen LogP contribution in [0.3, 0.4) is 0 Å². The minimum atomic E-state index is -0.219. The lowest BCUT2D eigenvalue weighted by atomic mass is 10.1. The molecule has 0 heterocycles. The van der Waals surface area contributed by atoms with Gasteiger partial charge in [-0.1, -0.05) is 64.0 Å². The molecule has 0 aromatic heterocycles. The van der Waals surface area contributed by atoms with Crippen LogP contribution >= 0.6 is 0 Å². The topological polar surface area (TPSA) is 64.6 Å². The third-order valence-electron chi connectivity index (χ3n) is 4.43. The SMILES string of the molecule is CCCCCCCCCCOC(=O)CCCC(=O)Nc1ccccc1OC. The monoisotopic (exact) mass is 377 g/mol. The summed E-state index contributed by atoms with van der Waals surface area (Å²) >= 11 is 0. The van der Waals surface area contributed by atoms with E-state index >= 15 is 0 Å². The highest BCUT2D eigenvalue weighted by molar-refractivity contribution is 5.92. The van der Waals surface area contributed by atoms with Gasteiger partial charge in [0, 0.05) is 12.8 Å². The molecule has 0 saturated heterocycles. The largest absolute Gasteiger partial charge is 0.495 e. The Bertz CT molecular complexity index is 545. The molecule has 1 rings (SSSR count). The van der Waals surface area contributed by atoms with Crippen LogP contribution in [0.15, 0.2) is 24.3 Å². The quantitative estimate of drug-likeness (QED) is 0.324. The Morgan fingerprint density at radius 1 is 0.889 bits per heavy atom. The van der Waals surface area contributed by atoms with Gasteiger partial charge in [0.25, 0.3) is 0 Å². The van der Waals surface area contributed by atoms with Crippen molar-refractivity contribution < 1.29 is 19.1 Å². The number of carbonyl (C=O) groups is 2. The molecule has 0 saturated carbocycles. The first kappa shape index (κ1) is 23.0. The molecule has 27 heavy (non-hydrogen) atoms. The second kappa shape index (κ2) is 15.1. The summed E-state index contributed by atoms with van der Waals surface area (Å²) in [5.41, 5.74) is 0.641. The number of carbonyl (C=O) groups excluding carboxylic acids is 2. The molecule has 0 aliphatic carbocycles. The Morgan fingerprint density at radius 3 is 2.26 bits per heavy atom. The Morgan fingerprint density at radius 2 is 1.56 bits per heavy atom. The van der Waals surface area contributed by atoms with Gasteiger partial charge in [-0.25, -0.2) is 0 Å². The molecule has 1 N–H and O–H groups in total. The zero-order valence-corrected chi connectivity index (χ0v) is 16.9. The number of amides is 1. The maximum Gasteiger partial charge on any atom is 0.305 e. The van der Waals surface area contributed by atoms with Gasteiger partial charge < -0.3 is 14.8 Å². The molecule has 0 unspecified atom stereocenters. The maximum atomic E-state index is 12.0. The van der Waals surface area contributed by atoms with Crippen LogP contribution in [0.4, 0.5) is 5.69 Å². The first-order chi connectivity index (χ1) is 13.2. The van der Waals surface area contributed by atoms with Gasteiger partial charge in [0.2, 0.25) is 5.91 Å². The zero-order chi connectivity index (χ0) is 19.7. The number of benzene rings is 1. The summed E-state index contributed by atoms with van der Waals surface area (Å²) in [6.07, 6.45) is 10.8. The Labute approximate surface area is 163 Å². The molecule has 0 spiro atoms. The van der Waals surface area contributed by atoms with Crippen molar-refractivity contribution in [2.75, 3.05) is 19.0 Å². The van der Waals surface area contributed by atoms with Crippen molar-refractivity contribution in [2.24, 2.45) is 0 Å². The van der Waals surface area contributed by atoms with Crippen LogP contribution in [-0.2, 0) is 14.3 Å². The fraction of sp³-hybridized carbons (Fsp3) is 0.636. The Hall–Kier alpha value is -2.04. The normalized spacial score (nSPS) is 10.4. The molecule has 0 radical (unpaired) electrons. The van der Waals surface area contributed by atoms with Gasteiger partial charge in [-0.3, -0.25) is 9.59 Å². The van der Waals surface area contributed by atoms with Gasteiger partial charge in [-0.2, -0.15) is 0 Å². The average molecular weight is 378 g/mol. The van der Waals surface area contributed by atoms with E-state index < -0.39 is 0 Å². The van der Waals surface area contributed by atoms with E-state index in [0.29, 0.717) is 24.5 Å². The molecule has 1 aromatic rings. The van der Waals surface area contributed by atoms with E-state index in [0.717, 1.165) is 12.8 Å². The number of nitrogens with one attached hydrogen (secondary N) is 1. The molecule has 0 aliphatic heterocycles. The minimum absolute atomic E-state index is 0.129. The summed E-state index contributed by atoms with van der Waals surface area (Å²) in [5.74, 6) is 0.272. The van der Waals surface area contributed by atoms with Crippen LogP contribution in [0.2, 0.25) is 0 Å². The lowest BCUT2D eigenvalue weighted by Gasteiger charge is -2.09. The molecule has 5 heteroatoms. The highest BCUT2D eigenvalue weighted by Gasteiger charge is 2.09. The van der Waals surface area contributed by atoms with Crippen LogP contribution in [-0.4, -0.2) is 25.6 Å². The lowest BCUT2D eigenvalue weighted by Crippen LogP contribution is -2.13. The summed E-state index contributed by atoms with van der Waals surface area (Å²) in [5, 5.41) is 2.80. The zero-order valence-electron chi connectivity index (χ0n) is 16.9. The van der Waals surface area contributed by atoms with Gasteiger partial charge in [0.1, 0.15) is 5.75 Å². The summed E-state index contributed by atoms with van der Waals surface area (Å²) in [7, 11) is 1.56. The number of rotatable bonds is 15. The van der Waals surface area contributed by atoms with Crippen LogP contribution in [0.5, 0.6) is 5.75 Å². The smallest absolute Gasteiger partial charge is 0.305 e. The van der Waals surface area contributed by atoms with E-state index in [2.05, 4.69) is 12.2 Å². The van der Waals surface area contributed by atoms with E-state index in [-0.39, 0.29) is 24.7 Å². The minimum Gasteiger partial charge on any atom is -0.495 e. The van der Waals surface area contributed by atoms with E-state index in [1.807, 2.05) is 12.1 Å². The van der Waals surface area contributed by atoms with Crippen LogP contribution in [0.25, 0.3) is 0 Å². The number of anilines is 1. The van der Waals surface area contributed by atoms with Crippen LogP contribution in [0, 0.1) is 0 Å². The Balaban J connectivity index is 2.02. The predicted octanol–water partition coefficient (Wildman–Crippen LogP) is 5.49. The van der Waals surface area contributed by atoms with Gasteiger partial charge >= 0.3 is 5.97 Å². The average Bonchev–Trinajstić information content (AvgIpc) is 2.67. The molecular formula is C22H35NO4. The van der Waals surface area contributed by atoms with E-state index in [1.54, 1.807) is 19.2 Å². The van der Waals surface area contributed by atoms with E-state index in [4.69, 9.17) is 9.47 Å². The maximum absolute atomic E-state index is 12.0. The summed E-state index contributed by atoms with van der Waals surface area (Å²) < 4.78 is 10.4. The fourth-order valence-electron chi connectivity index (χ4n) is 2.85. The summed E-state index contributed by atoms with van der Waals surface area (Å²) in [6.45, 7) is 2.71. The van der Waals surface area contributed by atoms with Crippen molar-refractivity contribution in [3.63, 3.8) is 0 Å². The van der Waals surface area contributed by atoms with Crippen molar-refractivity contribution in [1.29, 1.82) is 0 Å². The number of hydrogen-bond acceptors (Lipinski definition) is 4. The summed E-state index contributed by atoms with van der Waals surface area (Å²) in [4.78, 5) is 23.7. The molecule has 152 valence electrons. The third-order valence-corrected chi connectivity index (χ3v) is 4.43. The van der Waals surface area contributed by atoms with E-state index in [9.17, 15) is 9.59 Å². The second-order valence-corrected chi connectivity index (χ2v) is 6.80. The molecule has 1 amide bonds. The first-order valence-electron chi connectivity index (χ1n) is 10.3. The highest BCUT2D eigenvalue weighted by Crippen LogP contribution is 2.23. The lowest BCUT2D eigenvalue weighted by molar-refractivity contribution is -0.143. The molecule has 0 bridgehead atoms. The standard InChI is InChI=1S/C22H35NO4/c1-3-4-5-6-7-8-9-12-18-27-22(25)17-13-16-21(24)23-19-14-10-11-15-20(19)26-2/h10-11,14-15H,3-9,12-13,16-18H2,1-2H3,(H,23,24). The number of para-hydroxylation sites is 2. The van der Waals surface area contributed by atoms with Gasteiger partial charge in [-0.05, 0) is 25.0 Å². The molecular weight excluding hydrogens is 342 g/mol. The molecule has 1 aromatic carbocycles. The first-order valence-corrected chi connectivity index (χ1v) is 10.3. The van der Waals surface area contributed by atoms with Gasteiger partial charge in [0.05, 0.1) is 19.4 Å². The number of ether oxygens (including phenoxy) is 2. The van der Waals surface area contributed by atoms with Crippen LogP contribution < -0.4 is 10.1 Å². The number of esters is 1. The second-order valence-electron chi connectivity index (χ2n) is 6.80. The highest BCUT2D eigenvalue weighted by atomic mass is 16.5. The van der Waals surface area contributed by atoms with Crippen molar-refractivity contribution in [3.8, 4) is 5.75 Å². The predicted molar refractivity (Wildman–Crippen MR) is 109 cm³/mol. The van der Waals surface area contributed by atoms with Crippen LogP contribution in [0.1, 0.15) is 77.6 Å².